The Morgan fingerprint density at radius 1 is 1.13 bits per heavy atom. The number of likely N-dealkylation sites (tertiary alicyclic amines) is 1. The van der Waals surface area contributed by atoms with E-state index in [1.54, 1.807) is 37.5 Å². The molecular formula is C28H33F2N5O3S. The van der Waals surface area contributed by atoms with E-state index in [2.05, 4.69) is 14.9 Å². The maximum Gasteiger partial charge on any atom is 0.253 e. The van der Waals surface area contributed by atoms with E-state index < -0.39 is 27.2 Å². The van der Waals surface area contributed by atoms with Crippen molar-refractivity contribution in [3.05, 3.63) is 77.7 Å². The Balaban J connectivity index is 1.30. The first kappa shape index (κ1) is 26.2. The van der Waals surface area contributed by atoms with E-state index in [9.17, 15) is 18.4 Å². The van der Waals surface area contributed by atoms with E-state index in [4.69, 9.17) is 0 Å². The topological polar surface area (TPSA) is 93.0 Å². The second-order valence-corrected chi connectivity index (χ2v) is 14.1. The largest absolute Gasteiger partial charge is 0.385 e. The van der Waals surface area contributed by atoms with Crippen LogP contribution in [-0.4, -0.2) is 61.3 Å². The predicted molar refractivity (Wildman–Crippen MR) is 146 cm³/mol. The molecule has 3 aromatic rings. The van der Waals surface area contributed by atoms with Crippen molar-refractivity contribution < 1.29 is 22.6 Å². The normalized spacial score (nSPS) is 25.5. The van der Waals surface area contributed by atoms with Crippen LogP contribution in [0.5, 0.6) is 0 Å². The first-order chi connectivity index (χ1) is 18.4. The van der Waals surface area contributed by atoms with Crippen molar-refractivity contribution in [2.75, 3.05) is 35.3 Å². The number of alkyl halides is 2. The van der Waals surface area contributed by atoms with Crippen LogP contribution < -0.4 is 8.61 Å². The molecule has 2 aromatic heterocycles. The molecule has 208 valence electrons. The number of aliphatic hydroxyl groups is 1. The van der Waals surface area contributed by atoms with E-state index in [-0.39, 0.29) is 23.7 Å². The molecule has 0 amide bonds. The third-order valence-electron chi connectivity index (χ3n) is 8.49. The highest BCUT2D eigenvalue weighted by Crippen LogP contribution is 2.57. The number of aromatic nitrogens is 2. The molecule has 2 aliphatic heterocycles. The van der Waals surface area contributed by atoms with E-state index in [1.807, 2.05) is 24.3 Å². The third kappa shape index (κ3) is 4.14. The number of anilines is 2. The minimum atomic E-state index is -5.02. The molecule has 0 spiro atoms. The van der Waals surface area contributed by atoms with Crippen LogP contribution in [0.2, 0.25) is 0 Å². The predicted octanol–water partition coefficient (Wildman–Crippen LogP) is 4.36. The van der Waals surface area contributed by atoms with Crippen molar-refractivity contribution in [2.24, 2.45) is 5.92 Å². The molecule has 1 unspecified atom stereocenters. The van der Waals surface area contributed by atoms with Crippen LogP contribution in [0.1, 0.15) is 36.0 Å². The van der Waals surface area contributed by atoms with Gasteiger partial charge < -0.3 is 5.11 Å². The standard InChI is InChI=1S/C28H33F2N5O3S/c1-20-7-8-21(18-34-13-9-27(36,10-14-34)22-5-3-11-31-17-22)15-25(20)39(37,38)33(2)26-24(6-4-12-32-26)35(39)19-23-16-28(23,29)30/h3-8,11-12,15,17,23,36H,9-10,13-14,16,18-19H2,1-2H3,(H,37,38). The Labute approximate surface area is 226 Å². The Hall–Kier alpha value is -2.99. The minimum Gasteiger partial charge on any atom is -0.385 e. The number of hydrogen-bond acceptors (Lipinski definition) is 5. The number of piperidine rings is 1. The average molecular weight is 558 g/mol. The zero-order chi connectivity index (χ0) is 27.7. The summed E-state index contributed by atoms with van der Waals surface area (Å²) in [5.74, 6) is -3.55. The second-order valence-electron chi connectivity index (χ2n) is 11.0. The van der Waals surface area contributed by atoms with Gasteiger partial charge in [-0.15, -0.1) is 0 Å². The summed E-state index contributed by atoms with van der Waals surface area (Å²) in [5, 5.41) is 11.2. The smallest absolute Gasteiger partial charge is 0.253 e. The first-order valence-electron chi connectivity index (χ1n) is 13.1. The van der Waals surface area contributed by atoms with Gasteiger partial charge in [-0.25, -0.2) is 18.1 Å². The highest BCUT2D eigenvalue weighted by atomic mass is 32.3. The summed E-state index contributed by atoms with van der Waals surface area (Å²) in [5.41, 5.74) is 1.67. The van der Waals surface area contributed by atoms with Crippen LogP contribution in [0.25, 0.3) is 0 Å². The molecule has 3 aliphatic rings. The molecule has 11 heteroatoms. The number of hydrogen-bond donors (Lipinski definition) is 2. The molecule has 2 fully saturated rings. The SMILES string of the molecule is Cc1ccc(CN2CCC(O)(c3cccnc3)CC2)cc1S1(=O)(O)N(C)c2ncccc2N1CC1CC1(F)F. The van der Waals surface area contributed by atoms with Gasteiger partial charge in [0.25, 0.3) is 5.92 Å². The zero-order valence-corrected chi connectivity index (χ0v) is 22.8. The molecule has 6 rings (SSSR count). The summed E-state index contributed by atoms with van der Waals surface area (Å²) in [6.07, 6.45) is 5.71. The summed E-state index contributed by atoms with van der Waals surface area (Å²) >= 11 is 0. The van der Waals surface area contributed by atoms with Crippen molar-refractivity contribution in [3.8, 4) is 0 Å². The lowest BCUT2D eigenvalue weighted by molar-refractivity contribution is -0.0279. The maximum atomic E-state index is 15.1. The lowest BCUT2D eigenvalue weighted by Crippen LogP contribution is -2.58. The van der Waals surface area contributed by atoms with Crippen molar-refractivity contribution in [2.45, 2.75) is 49.2 Å². The fourth-order valence-corrected chi connectivity index (χ4v) is 9.08. The van der Waals surface area contributed by atoms with Gasteiger partial charge in [-0.1, -0.05) is 18.2 Å². The maximum absolute atomic E-state index is 15.1. The molecule has 1 aliphatic carbocycles. The Bertz CT molecular complexity index is 1480. The van der Waals surface area contributed by atoms with Crippen molar-refractivity contribution in [1.82, 2.24) is 14.9 Å². The summed E-state index contributed by atoms with van der Waals surface area (Å²) in [6, 6.07) is 12.5. The minimum absolute atomic E-state index is 0.192. The molecule has 0 bridgehead atoms. The van der Waals surface area contributed by atoms with E-state index in [1.165, 1.54) is 21.9 Å². The van der Waals surface area contributed by atoms with Gasteiger partial charge >= 0.3 is 0 Å². The van der Waals surface area contributed by atoms with E-state index in [0.717, 1.165) is 11.1 Å². The molecule has 1 atom stereocenters. The number of fused-ring (bicyclic) bond motifs is 1. The van der Waals surface area contributed by atoms with Crippen LogP contribution in [0.4, 0.5) is 20.3 Å². The number of halogens is 2. The molecule has 8 nitrogen and oxygen atoms in total. The van der Waals surface area contributed by atoms with Crippen LogP contribution in [0.15, 0.2) is 66.0 Å². The monoisotopic (exact) mass is 557 g/mol. The van der Waals surface area contributed by atoms with Crippen molar-refractivity contribution in [1.29, 1.82) is 0 Å². The lowest BCUT2D eigenvalue weighted by atomic mass is 9.85. The number of pyridine rings is 2. The summed E-state index contributed by atoms with van der Waals surface area (Å²) in [6.45, 7) is 3.32. The highest BCUT2D eigenvalue weighted by Gasteiger charge is 2.61. The Morgan fingerprint density at radius 3 is 2.51 bits per heavy atom. The molecule has 2 N–H and O–H groups in total. The van der Waals surface area contributed by atoms with E-state index >= 15 is 4.21 Å². The highest BCUT2D eigenvalue weighted by molar-refractivity contribution is 8.17. The van der Waals surface area contributed by atoms with Crippen LogP contribution >= 0.6 is 0 Å². The summed E-state index contributed by atoms with van der Waals surface area (Å²) < 4.78 is 57.9. The molecule has 1 aromatic carbocycles. The molecule has 4 heterocycles. The summed E-state index contributed by atoms with van der Waals surface area (Å²) in [4.78, 5) is 10.9. The van der Waals surface area contributed by atoms with Gasteiger partial charge in [-0.2, -0.15) is 4.21 Å². The van der Waals surface area contributed by atoms with Gasteiger partial charge in [-0.3, -0.25) is 18.7 Å². The Morgan fingerprint density at radius 2 is 1.85 bits per heavy atom. The van der Waals surface area contributed by atoms with E-state index in [0.29, 0.717) is 43.7 Å². The number of rotatable bonds is 6. The number of aryl methyl sites for hydroxylation is 1. The van der Waals surface area contributed by atoms with Gasteiger partial charge in [0.05, 0.1) is 10.5 Å². The molecular weight excluding hydrogens is 524 g/mol. The van der Waals surface area contributed by atoms with Gasteiger partial charge in [0.15, 0.2) is 5.82 Å². The zero-order valence-electron chi connectivity index (χ0n) is 22.0. The average Bonchev–Trinajstić information content (AvgIpc) is 3.50. The fraction of sp³-hybridized carbons (Fsp3) is 0.429. The first-order valence-corrected chi connectivity index (χ1v) is 15.0. The van der Waals surface area contributed by atoms with Gasteiger partial charge in [0.2, 0.25) is 0 Å². The van der Waals surface area contributed by atoms with Crippen molar-refractivity contribution in [3.63, 3.8) is 0 Å². The van der Waals surface area contributed by atoms with Gasteiger partial charge in [0.1, 0.15) is 5.69 Å². The quantitative estimate of drug-likeness (QED) is 0.468. The molecule has 0 radical (unpaired) electrons. The van der Waals surface area contributed by atoms with Gasteiger partial charge in [-0.05, 0) is 64.9 Å². The van der Waals surface area contributed by atoms with Crippen LogP contribution in [-0.2, 0) is 21.9 Å². The second kappa shape index (κ2) is 8.76. The summed E-state index contributed by atoms with van der Waals surface area (Å²) in [7, 11) is -3.52. The van der Waals surface area contributed by atoms with Gasteiger partial charge in [0, 0.05) is 69.7 Å². The number of benzene rings is 1. The van der Waals surface area contributed by atoms with Crippen LogP contribution in [0.3, 0.4) is 0 Å². The fourth-order valence-electron chi connectivity index (χ4n) is 5.87. The lowest BCUT2D eigenvalue weighted by Gasteiger charge is -2.52. The number of nitrogens with zero attached hydrogens (tertiary/aromatic N) is 5. The Kier molecular flexibility index (Phi) is 5.89. The van der Waals surface area contributed by atoms with Crippen molar-refractivity contribution >= 4 is 21.2 Å². The molecule has 1 saturated carbocycles. The molecule has 39 heavy (non-hydrogen) atoms. The third-order valence-corrected chi connectivity index (χ3v) is 12.0. The van der Waals surface area contributed by atoms with Crippen LogP contribution in [0, 0.1) is 12.8 Å². The molecule has 1 saturated heterocycles.